The van der Waals surface area contributed by atoms with Gasteiger partial charge in [-0.2, -0.15) is 5.26 Å². The van der Waals surface area contributed by atoms with Gasteiger partial charge in [0.1, 0.15) is 6.04 Å². The minimum absolute atomic E-state index is 0.0487. The molecule has 0 bridgehead atoms. The molecule has 1 atom stereocenters. The lowest BCUT2D eigenvalue weighted by atomic mass is 10.2. The number of hydrogen-bond donors (Lipinski definition) is 0. The molecular weight excluding hydrogens is 218 g/mol. The SMILES string of the molecule is Cc1ccc(C(C#N)N2CCN(C)CC2)s1. The quantitative estimate of drug-likeness (QED) is 0.784. The van der Waals surface area contributed by atoms with Crippen LogP contribution in [0.2, 0.25) is 0 Å². The third-order valence-electron chi connectivity index (χ3n) is 3.06. The summed E-state index contributed by atoms with van der Waals surface area (Å²) in [6.07, 6.45) is 0. The fraction of sp³-hybridized carbons (Fsp3) is 0.583. The number of piperazine rings is 1. The van der Waals surface area contributed by atoms with E-state index in [0.29, 0.717) is 0 Å². The normalized spacial score (nSPS) is 20.6. The van der Waals surface area contributed by atoms with Gasteiger partial charge in [0.15, 0.2) is 0 Å². The van der Waals surface area contributed by atoms with Gasteiger partial charge in [0.2, 0.25) is 0 Å². The van der Waals surface area contributed by atoms with Crippen LogP contribution in [0.15, 0.2) is 12.1 Å². The number of aryl methyl sites for hydroxylation is 1. The standard InChI is InChI=1S/C12H17N3S/c1-10-3-4-12(16-10)11(9-13)15-7-5-14(2)6-8-15/h3-4,11H,5-8H2,1-2H3. The molecule has 0 radical (unpaired) electrons. The van der Waals surface area contributed by atoms with Crippen LogP contribution in [0.1, 0.15) is 15.8 Å². The average Bonchev–Trinajstić information content (AvgIpc) is 2.69. The number of hydrogen-bond acceptors (Lipinski definition) is 4. The Bertz CT molecular complexity index is 385. The predicted octanol–water partition coefficient (Wildman–Crippen LogP) is 1.87. The second-order valence-electron chi connectivity index (χ2n) is 4.32. The van der Waals surface area contributed by atoms with E-state index in [1.54, 1.807) is 11.3 Å². The van der Waals surface area contributed by atoms with Gasteiger partial charge in [0.05, 0.1) is 6.07 Å². The first-order chi connectivity index (χ1) is 7.70. The Morgan fingerprint density at radius 2 is 2.00 bits per heavy atom. The number of nitriles is 1. The molecule has 0 amide bonds. The van der Waals surface area contributed by atoms with Crippen molar-refractivity contribution < 1.29 is 0 Å². The summed E-state index contributed by atoms with van der Waals surface area (Å²) < 4.78 is 0. The first-order valence-corrected chi connectivity index (χ1v) is 6.41. The fourth-order valence-electron chi connectivity index (χ4n) is 2.01. The average molecular weight is 235 g/mol. The Morgan fingerprint density at radius 3 is 2.50 bits per heavy atom. The van der Waals surface area contributed by atoms with Crippen molar-refractivity contribution in [1.82, 2.24) is 9.80 Å². The zero-order valence-electron chi connectivity index (χ0n) is 9.81. The highest BCUT2D eigenvalue weighted by Gasteiger charge is 2.24. The molecule has 1 fully saturated rings. The summed E-state index contributed by atoms with van der Waals surface area (Å²) in [6, 6.07) is 6.57. The van der Waals surface area contributed by atoms with Crippen molar-refractivity contribution in [3.05, 3.63) is 21.9 Å². The molecule has 0 N–H and O–H groups in total. The zero-order valence-corrected chi connectivity index (χ0v) is 10.6. The van der Waals surface area contributed by atoms with Gasteiger partial charge in [0, 0.05) is 35.9 Å². The molecule has 1 saturated heterocycles. The summed E-state index contributed by atoms with van der Waals surface area (Å²) in [5, 5.41) is 9.31. The second-order valence-corrected chi connectivity index (χ2v) is 5.64. The molecule has 0 spiro atoms. The van der Waals surface area contributed by atoms with E-state index in [2.05, 4.69) is 42.0 Å². The zero-order chi connectivity index (χ0) is 11.5. The van der Waals surface area contributed by atoms with Crippen molar-refractivity contribution in [3.8, 4) is 6.07 Å². The second kappa shape index (κ2) is 4.96. The Morgan fingerprint density at radius 1 is 1.31 bits per heavy atom. The van der Waals surface area contributed by atoms with Crippen molar-refractivity contribution >= 4 is 11.3 Å². The Balaban J connectivity index is 2.09. The van der Waals surface area contributed by atoms with Crippen molar-refractivity contribution in [3.63, 3.8) is 0 Å². The van der Waals surface area contributed by atoms with Gasteiger partial charge >= 0.3 is 0 Å². The molecular formula is C12H17N3S. The van der Waals surface area contributed by atoms with Crippen LogP contribution < -0.4 is 0 Å². The van der Waals surface area contributed by atoms with Crippen LogP contribution in [0.5, 0.6) is 0 Å². The van der Waals surface area contributed by atoms with Gasteiger partial charge in [0.25, 0.3) is 0 Å². The number of rotatable bonds is 2. The molecule has 1 aliphatic heterocycles. The van der Waals surface area contributed by atoms with Crippen LogP contribution in [0.25, 0.3) is 0 Å². The van der Waals surface area contributed by atoms with Gasteiger partial charge in [-0.05, 0) is 26.1 Å². The van der Waals surface area contributed by atoms with E-state index in [9.17, 15) is 5.26 Å². The van der Waals surface area contributed by atoms with E-state index >= 15 is 0 Å². The highest BCUT2D eigenvalue weighted by atomic mass is 32.1. The summed E-state index contributed by atoms with van der Waals surface area (Å²) in [4.78, 5) is 7.06. The van der Waals surface area contributed by atoms with Crippen molar-refractivity contribution in [2.24, 2.45) is 0 Å². The van der Waals surface area contributed by atoms with E-state index in [0.717, 1.165) is 26.2 Å². The lowest BCUT2D eigenvalue weighted by molar-refractivity contribution is 0.134. The lowest BCUT2D eigenvalue weighted by Crippen LogP contribution is -2.45. The van der Waals surface area contributed by atoms with Gasteiger partial charge < -0.3 is 4.90 Å². The topological polar surface area (TPSA) is 30.3 Å². The first kappa shape index (κ1) is 11.6. The Hall–Kier alpha value is -0.890. The summed E-state index contributed by atoms with van der Waals surface area (Å²) in [5.41, 5.74) is 0. The molecule has 1 unspecified atom stereocenters. The van der Waals surface area contributed by atoms with Crippen molar-refractivity contribution in [2.75, 3.05) is 33.2 Å². The minimum atomic E-state index is -0.0487. The summed E-state index contributed by atoms with van der Waals surface area (Å²) in [7, 11) is 2.13. The fourth-order valence-corrected chi connectivity index (χ4v) is 2.96. The van der Waals surface area contributed by atoms with E-state index in [1.807, 2.05) is 0 Å². The molecule has 0 saturated carbocycles. The number of likely N-dealkylation sites (N-methyl/N-ethyl adjacent to an activating group) is 1. The van der Waals surface area contributed by atoms with Gasteiger partial charge in [-0.15, -0.1) is 11.3 Å². The van der Waals surface area contributed by atoms with Crippen LogP contribution in [0, 0.1) is 18.3 Å². The largest absolute Gasteiger partial charge is 0.304 e. The Labute approximate surface area is 101 Å². The van der Waals surface area contributed by atoms with Gasteiger partial charge in [-0.25, -0.2) is 0 Å². The van der Waals surface area contributed by atoms with E-state index in [4.69, 9.17) is 0 Å². The van der Waals surface area contributed by atoms with E-state index in [-0.39, 0.29) is 6.04 Å². The molecule has 1 aromatic heterocycles. The van der Waals surface area contributed by atoms with Gasteiger partial charge in [-0.1, -0.05) is 0 Å². The van der Waals surface area contributed by atoms with Crippen molar-refractivity contribution in [2.45, 2.75) is 13.0 Å². The molecule has 2 heterocycles. The predicted molar refractivity (Wildman–Crippen MR) is 66.5 cm³/mol. The molecule has 4 heteroatoms. The summed E-state index contributed by atoms with van der Waals surface area (Å²) >= 11 is 1.74. The molecule has 3 nitrogen and oxygen atoms in total. The monoisotopic (exact) mass is 235 g/mol. The van der Waals surface area contributed by atoms with E-state index in [1.165, 1.54) is 9.75 Å². The van der Waals surface area contributed by atoms with Crippen LogP contribution in [-0.4, -0.2) is 43.0 Å². The number of thiophene rings is 1. The van der Waals surface area contributed by atoms with Crippen LogP contribution in [-0.2, 0) is 0 Å². The van der Waals surface area contributed by atoms with Crippen LogP contribution >= 0.6 is 11.3 Å². The third kappa shape index (κ3) is 2.43. The molecule has 0 aromatic carbocycles. The van der Waals surface area contributed by atoms with Crippen molar-refractivity contribution in [1.29, 1.82) is 5.26 Å². The third-order valence-corrected chi connectivity index (χ3v) is 4.11. The van der Waals surface area contributed by atoms with E-state index < -0.39 is 0 Å². The molecule has 1 aliphatic rings. The molecule has 0 aliphatic carbocycles. The minimum Gasteiger partial charge on any atom is -0.304 e. The number of nitrogens with zero attached hydrogens (tertiary/aromatic N) is 3. The molecule has 1 aromatic rings. The maximum absolute atomic E-state index is 9.31. The lowest BCUT2D eigenvalue weighted by Gasteiger charge is -2.34. The highest BCUT2D eigenvalue weighted by molar-refractivity contribution is 7.12. The smallest absolute Gasteiger partial charge is 0.133 e. The molecule has 86 valence electrons. The summed E-state index contributed by atoms with van der Waals surface area (Å²) in [5.74, 6) is 0. The van der Waals surface area contributed by atoms with Gasteiger partial charge in [-0.3, -0.25) is 4.90 Å². The maximum atomic E-state index is 9.31. The first-order valence-electron chi connectivity index (χ1n) is 5.59. The maximum Gasteiger partial charge on any atom is 0.133 e. The van der Waals surface area contributed by atoms with Crippen LogP contribution in [0.4, 0.5) is 0 Å². The molecule has 16 heavy (non-hydrogen) atoms. The Kier molecular flexibility index (Phi) is 3.59. The summed E-state index contributed by atoms with van der Waals surface area (Å²) in [6.45, 7) is 6.19. The molecule has 2 rings (SSSR count). The van der Waals surface area contributed by atoms with Crippen LogP contribution in [0.3, 0.4) is 0 Å². The highest BCUT2D eigenvalue weighted by Crippen LogP contribution is 2.27.